The zero-order chi connectivity index (χ0) is 18.0. The topological polar surface area (TPSA) is 106 Å². The third kappa shape index (κ3) is 3.33. The Balaban J connectivity index is 2.01. The molecule has 0 radical (unpaired) electrons. The first-order chi connectivity index (χ1) is 12.0. The van der Waals surface area contributed by atoms with Crippen molar-refractivity contribution in [2.75, 3.05) is 0 Å². The number of azo groups is 1. The van der Waals surface area contributed by atoms with Crippen LogP contribution < -0.4 is 0 Å². The normalized spacial score (nSPS) is 11.1. The molecule has 1 N–H and O–H groups in total. The molecule has 25 heavy (non-hydrogen) atoms. The van der Waals surface area contributed by atoms with Crippen LogP contribution >= 0.6 is 11.6 Å². The van der Waals surface area contributed by atoms with Crippen LogP contribution in [0.15, 0.2) is 58.8 Å². The Morgan fingerprint density at radius 2 is 1.92 bits per heavy atom. The Morgan fingerprint density at radius 1 is 1.20 bits per heavy atom. The van der Waals surface area contributed by atoms with Gasteiger partial charge in [0.2, 0.25) is 5.88 Å². The largest absolute Gasteiger partial charge is 0.492 e. The molecule has 1 heterocycles. The van der Waals surface area contributed by atoms with E-state index in [-0.39, 0.29) is 28.0 Å². The molecule has 0 amide bonds. The molecule has 0 saturated carbocycles. The number of rotatable bonds is 4. The van der Waals surface area contributed by atoms with Crippen LogP contribution in [0.5, 0.6) is 5.88 Å². The number of halogens is 1. The minimum atomic E-state index is -0.597. The number of aromatic hydroxyl groups is 1. The van der Waals surface area contributed by atoms with E-state index >= 15 is 0 Å². The molecule has 0 spiro atoms. The van der Waals surface area contributed by atoms with Gasteiger partial charge in [-0.25, -0.2) is 0 Å². The second kappa shape index (κ2) is 6.70. The van der Waals surface area contributed by atoms with E-state index in [1.54, 1.807) is 19.1 Å². The van der Waals surface area contributed by atoms with E-state index in [4.69, 9.17) is 11.6 Å². The van der Waals surface area contributed by atoms with Gasteiger partial charge in [-0.3, -0.25) is 10.1 Å². The number of nitro benzene ring substituents is 1. The number of nitrogens with zero attached hydrogens (tertiary/aromatic N) is 5. The molecule has 126 valence electrons. The van der Waals surface area contributed by atoms with Crippen LogP contribution in [0.1, 0.15) is 5.69 Å². The van der Waals surface area contributed by atoms with E-state index in [1.807, 2.05) is 18.2 Å². The van der Waals surface area contributed by atoms with Crippen molar-refractivity contribution in [3.63, 3.8) is 0 Å². The molecule has 0 bridgehead atoms. The lowest BCUT2D eigenvalue weighted by Gasteiger charge is -2.01. The fourth-order valence-electron chi connectivity index (χ4n) is 2.20. The van der Waals surface area contributed by atoms with E-state index in [2.05, 4.69) is 15.3 Å². The molecule has 0 aliphatic carbocycles. The first kappa shape index (κ1) is 16.6. The lowest BCUT2D eigenvalue weighted by molar-refractivity contribution is -0.384. The first-order valence-electron chi connectivity index (χ1n) is 7.17. The summed E-state index contributed by atoms with van der Waals surface area (Å²) < 4.78 is 1.32. The molecular formula is C16H12ClN5O3. The SMILES string of the molecule is Cc1nn(-c2ccccc2)c(O)c1/N=N/c1ccc(Cl)cc1[N+](=O)[O-]. The maximum Gasteiger partial charge on any atom is 0.298 e. The molecule has 9 heteroatoms. The van der Waals surface area contributed by atoms with Gasteiger partial charge in [-0.05, 0) is 31.2 Å². The van der Waals surface area contributed by atoms with Crippen molar-refractivity contribution < 1.29 is 10.0 Å². The number of aromatic nitrogens is 2. The molecule has 1 aromatic heterocycles. The highest BCUT2D eigenvalue weighted by Crippen LogP contribution is 2.36. The molecule has 0 atom stereocenters. The lowest BCUT2D eigenvalue weighted by atomic mass is 10.3. The number of hydrogen-bond acceptors (Lipinski definition) is 6. The molecule has 3 aromatic rings. The Hall–Kier alpha value is -3.26. The average Bonchev–Trinajstić information content (AvgIpc) is 2.89. The summed E-state index contributed by atoms with van der Waals surface area (Å²) in [5, 5.41) is 33.7. The van der Waals surface area contributed by atoms with E-state index in [9.17, 15) is 15.2 Å². The molecule has 0 fully saturated rings. The Labute approximate surface area is 147 Å². The molecule has 0 saturated heterocycles. The Morgan fingerprint density at radius 3 is 2.60 bits per heavy atom. The zero-order valence-corrected chi connectivity index (χ0v) is 13.8. The van der Waals surface area contributed by atoms with Crippen LogP contribution in [-0.2, 0) is 0 Å². The number of hydrogen-bond donors (Lipinski definition) is 1. The maximum absolute atomic E-state index is 11.1. The Bertz CT molecular complexity index is 969. The molecular weight excluding hydrogens is 346 g/mol. The smallest absolute Gasteiger partial charge is 0.298 e. The molecule has 2 aromatic carbocycles. The van der Waals surface area contributed by atoms with Gasteiger partial charge in [-0.2, -0.15) is 9.78 Å². The van der Waals surface area contributed by atoms with Gasteiger partial charge in [-0.15, -0.1) is 10.2 Å². The highest BCUT2D eigenvalue weighted by Gasteiger charge is 2.17. The minimum Gasteiger partial charge on any atom is -0.492 e. The van der Waals surface area contributed by atoms with Gasteiger partial charge in [0, 0.05) is 11.1 Å². The second-order valence-electron chi connectivity index (χ2n) is 5.10. The van der Waals surface area contributed by atoms with Crippen molar-refractivity contribution >= 4 is 28.7 Å². The van der Waals surface area contributed by atoms with E-state index in [1.165, 1.54) is 22.9 Å². The predicted octanol–water partition coefficient (Wildman–Crippen LogP) is 4.86. The van der Waals surface area contributed by atoms with E-state index in [0.29, 0.717) is 11.4 Å². The van der Waals surface area contributed by atoms with Crippen LogP contribution in [0.4, 0.5) is 17.1 Å². The summed E-state index contributed by atoms with van der Waals surface area (Å²) >= 11 is 5.77. The summed E-state index contributed by atoms with van der Waals surface area (Å²) in [5.74, 6) is -0.205. The molecule has 0 aliphatic heterocycles. The molecule has 3 rings (SSSR count). The van der Waals surface area contributed by atoms with Gasteiger partial charge in [0.1, 0.15) is 0 Å². The Kier molecular flexibility index (Phi) is 4.44. The third-order valence-electron chi connectivity index (χ3n) is 3.40. The second-order valence-corrected chi connectivity index (χ2v) is 5.53. The molecule has 0 unspecified atom stereocenters. The summed E-state index contributed by atoms with van der Waals surface area (Å²) in [6.07, 6.45) is 0. The van der Waals surface area contributed by atoms with Gasteiger partial charge in [0.25, 0.3) is 5.69 Å². The van der Waals surface area contributed by atoms with Crippen LogP contribution in [0.3, 0.4) is 0 Å². The van der Waals surface area contributed by atoms with Gasteiger partial charge in [0.15, 0.2) is 11.4 Å². The summed E-state index contributed by atoms with van der Waals surface area (Å²) in [5.41, 5.74) is 0.973. The van der Waals surface area contributed by atoms with Crippen LogP contribution in [0, 0.1) is 17.0 Å². The third-order valence-corrected chi connectivity index (χ3v) is 3.63. The maximum atomic E-state index is 11.1. The number of para-hydroxylation sites is 1. The lowest BCUT2D eigenvalue weighted by Crippen LogP contribution is -1.94. The fourth-order valence-corrected chi connectivity index (χ4v) is 2.37. The zero-order valence-electron chi connectivity index (χ0n) is 13.0. The fraction of sp³-hybridized carbons (Fsp3) is 0.0625. The van der Waals surface area contributed by atoms with Gasteiger partial charge >= 0.3 is 0 Å². The van der Waals surface area contributed by atoms with Gasteiger partial charge in [0.05, 0.1) is 16.3 Å². The first-order valence-corrected chi connectivity index (χ1v) is 7.55. The molecule has 8 nitrogen and oxygen atoms in total. The monoisotopic (exact) mass is 357 g/mol. The van der Waals surface area contributed by atoms with Crippen molar-refractivity contribution in [3.8, 4) is 11.6 Å². The summed E-state index contributed by atoms with van der Waals surface area (Å²) in [4.78, 5) is 10.5. The van der Waals surface area contributed by atoms with Crippen molar-refractivity contribution in [1.29, 1.82) is 0 Å². The minimum absolute atomic E-state index is 0.0284. The van der Waals surface area contributed by atoms with Crippen molar-refractivity contribution in [1.82, 2.24) is 9.78 Å². The average molecular weight is 358 g/mol. The quantitative estimate of drug-likeness (QED) is 0.408. The van der Waals surface area contributed by atoms with Crippen LogP contribution in [0.2, 0.25) is 5.02 Å². The highest BCUT2D eigenvalue weighted by atomic mass is 35.5. The van der Waals surface area contributed by atoms with E-state index in [0.717, 1.165) is 0 Å². The standard InChI is InChI=1S/C16H12ClN5O3/c1-10-15(16(23)21(20-10)12-5-3-2-4-6-12)19-18-13-8-7-11(17)9-14(13)22(24)25/h2-9,23H,1H3/b19-18+. The highest BCUT2D eigenvalue weighted by molar-refractivity contribution is 6.30. The number of nitro groups is 1. The summed E-state index contributed by atoms with van der Waals surface area (Å²) in [7, 11) is 0. The van der Waals surface area contributed by atoms with E-state index < -0.39 is 4.92 Å². The van der Waals surface area contributed by atoms with Crippen LogP contribution in [0.25, 0.3) is 5.69 Å². The van der Waals surface area contributed by atoms with Crippen molar-refractivity contribution in [2.24, 2.45) is 10.2 Å². The summed E-state index contributed by atoms with van der Waals surface area (Å²) in [6, 6.07) is 13.1. The summed E-state index contributed by atoms with van der Waals surface area (Å²) in [6.45, 7) is 1.66. The molecule has 0 aliphatic rings. The van der Waals surface area contributed by atoms with Gasteiger partial charge < -0.3 is 5.11 Å². The van der Waals surface area contributed by atoms with Crippen molar-refractivity contribution in [2.45, 2.75) is 6.92 Å². The number of benzene rings is 2. The van der Waals surface area contributed by atoms with Crippen LogP contribution in [-0.4, -0.2) is 19.8 Å². The number of aryl methyl sites for hydroxylation is 1. The predicted molar refractivity (Wildman–Crippen MR) is 92.2 cm³/mol. The van der Waals surface area contributed by atoms with Gasteiger partial charge in [-0.1, -0.05) is 29.8 Å². The van der Waals surface area contributed by atoms with Crippen molar-refractivity contribution in [3.05, 3.63) is 69.4 Å².